The molecule has 0 bridgehead atoms. The first-order valence-electron chi connectivity index (χ1n) is 12.1. The first-order valence-corrected chi connectivity index (χ1v) is 12.1. The number of hydrogen-bond donors (Lipinski definition) is 0. The van der Waals surface area contributed by atoms with Gasteiger partial charge in [0.05, 0.1) is 22.5 Å². The minimum Gasteiger partial charge on any atom is -0.490 e. The second-order valence-electron chi connectivity index (χ2n) is 11.2. The molecule has 2 aromatic carbocycles. The molecule has 0 aliphatic heterocycles. The molecule has 0 fully saturated rings. The molecule has 0 atom stereocenters. The third kappa shape index (κ3) is 7.54. The predicted molar refractivity (Wildman–Crippen MR) is 142 cm³/mol. The summed E-state index contributed by atoms with van der Waals surface area (Å²) >= 11 is 0. The molecule has 36 heavy (non-hydrogen) atoms. The number of ketones is 1. The van der Waals surface area contributed by atoms with Crippen LogP contribution in [0.5, 0.6) is 17.2 Å². The molecule has 0 amide bonds. The molecule has 0 aliphatic rings. The van der Waals surface area contributed by atoms with Crippen molar-refractivity contribution in [3.8, 4) is 17.2 Å². The zero-order valence-corrected chi connectivity index (χ0v) is 23.1. The SMILES string of the molecule is Cc1cc(C)c(OC(C)C)c(C=CC(=O)c2ccc(OC(=O)C(C)(C)C)cc2)c1OC(=O)C(C)(C)C. The van der Waals surface area contributed by atoms with Crippen molar-refractivity contribution in [2.24, 2.45) is 10.8 Å². The van der Waals surface area contributed by atoms with Gasteiger partial charge in [-0.3, -0.25) is 14.4 Å². The molecule has 0 saturated heterocycles. The van der Waals surface area contributed by atoms with Gasteiger partial charge in [-0.15, -0.1) is 0 Å². The van der Waals surface area contributed by atoms with E-state index in [0.29, 0.717) is 28.4 Å². The second-order valence-corrected chi connectivity index (χ2v) is 11.2. The molecule has 0 N–H and O–H groups in total. The molecular formula is C30H38O6. The van der Waals surface area contributed by atoms with Crippen LogP contribution in [0.1, 0.15) is 82.4 Å². The third-order valence-electron chi connectivity index (χ3n) is 5.16. The summed E-state index contributed by atoms with van der Waals surface area (Å²) in [4.78, 5) is 37.8. The molecule has 0 aromatic heterocycles. The fourth-order valence-electron chi connectivity index (χ4n) is 3.11. The summed E-state index contributed by atoms with van der Waals surface area (Å²) < 4.78 is 17.2. The van der Waals surface area contributed by atoms with E-state index in [1.807, 2.05) is 33.8 Å². The van der Waals surface area contributed by atoms with E-state index in [1.165, 1.54) is 6.08 Å². The Labute approximate surface area is 214 Å². The van der Waals surface area contributed by atoms with Gasteiger partial charge in [-0.1, -0.05) is 0 Å². The van der Waals surface area contributed by atoms with Crippen LogP contribution in [0.3, 0.4) is 0 Å². The fourth-order valence-corrected chi connectivity index (χ4v) is 3.11. The maximum absolute atomic E-state index is 13.0. The lowest BCUT2D eigenvalue weighted by atomic mass is 9.97. The lowest BCUT2D eigenvalue weighted by Gasteiger charge is -2.22. The number of rotatable bonds is 7. The van der Waals surface area contributed by atoms with Crippen LogP contribution in [-0.4, -0.2) is 23.8 Å². The van der Waals surface area contributed by atoms with Crippen LogP contribution >= 0.6 is 0 Å². The van der Waals surface area contributed by atoms with E-state index in [-0.39, 0.29) is 23.8 Å². The van der Waals surface area contributed by atoms with E-state index < -0.39 is 10.8 Å². The van der Waals surface area contributed by atoms with E-state index in [9.17, 15) is 14.4 Å². The highest BCUT2D eigenvalue weighted by molar-refractivity contribution is 6.07. The zero-order chi connectivity index (χ0) is 27.4. The molecule has 0 radical (unpaired) electrons. The third-order valence-corrected chi connectivity index (χ3v) is 5.16. The molecule has 0 spiro atoms. The molecule has 6 heteroatoms. The van der Waals surface area contributed by atoms with Crippen LogP contribution in [-0.2, 0) is 9.59 Å². The summed E-state index contributed by atoms with van der Waals surface area (Å²) in [6.45, 7) is 18.3. The van der Waals surface area contributed by atoms with Crippen LogP contribution in [0.4, 0.5) is 0 Å². The summed E-state index contributed by atoms with van der Waals surface area (Å²) in [5.74, 6) is 0.295. The van der Waals surface area contributed by atoms with Gasteiger partial charge in [-0.05, 0) is 123 Å². The van der Waals surface area contributed by atoms with Crippen molar-refractivity contribution >= 4 is 23.8 Å². The highest BCUT2D eigenvalue weighted by Crippen LogP contribution is 2.38. The lowest BCUT2D eigenvalue weighted by Crippen LogP contribution is -2.26. The Kier molecular flexibility index (Phi) is 8.89. The largest absolute Gasteiger partial charge is 0.490 e. The van der Waals surface area contributed by atoms with Gasteiger partial charge in [-0.2, -0.15) is 0 Å². The van der Waals surface area contributed by atoms with Crippen molar-refractivity contribution in [2.75, 3.05) is 0 Å². The Hall–Kier alpha value is -3.41. The quantitative estimate of drug-likeness (QED) is 0.180. The highest BCUT2D eigenvalue weighted by Gasteiger charge is 2.27. The molecule has 0 aliphatic carbocycles. The first-order chi connectivity index (χ1) is 16.5. The lowest BCUT2D eigenvalue weighted by molar-refractivity contribution is -0.143. The topological polar surface area (TPSA) is 78.9 Å². The number of carbonyl (C=O) groups excluding carboxylic acids is 3. The first kappa shape index (κ1) is 28.8. The maximum Gasteiger partial charge on any atom is 0.316 e. The normalized spacial score (nSPS) is 12.1. The minimum atomic E-state index is -0.703. The second kappa shape index (κ2) is 11.1. The summed E-state index contributed by atoms with van der Waals surface area (Å²) in [5, 5.41) is 0. The van der Waals surface area contributed by atoms with E-state index in [0.717, 1.165) is 11.1 Å². The number of hydrogen-bond acceptors (Lipinski definition) is 6. The number of allylic oxidation sites excluding steroid dienone is 1. The standard InChI is InChI=1S/C30H38O6/c1-18(2)34-25-19(3)17-20(4)26(36-28(33)30(8,9)10)23(25)15-16-24(31)21-11-13-22(14-12-21)35-27(32)29(5,6)7/h11-18H,1-10H3. The van der Waals surface area contributed by atoms with Crippen molar-refractivity contribution in [2.45, 2.75) is 75.3 Å². The van der Waals surface area contributed by atoms with Crippen molar-refractivity contribution in [1.82, 2.24) is 0 Å². The number of esters is 2. The van der Waals surface area contributed by atoms with E-state index >= 15 is 0 Å². The number of carbonyl (C=O) groups is 3. The van der Waals surface area contributed by atoms with Gasteiger partial charge < -0.3 is 14.2 Å². The minimum absolute atomic E-state index is 0.122. The van der Waals surface area contributed by atoms with Crippen LogP contribution < -0.4 is 14.2 Å². The van der Waals surface area contributed by atoms with Gasteiger partial charge in [-0.25, -0.2) is 0 Å². The monoisotopic (exact) mass is 494 g/mol. The van der Waals surface area contributed by atoms with E-state index in [1.54, 1.807) is 71.9 Å². The van der Waals surface area contributed by atoms with Crippen molar-refractivity contribution < 1.29 is 28.6 Å². The van der Waals surface area contributed by atoms with Gasteiger partial charge >= 0.3 is 11.9 Å². The molecule has 2 aromatic rings. The Morgan fingerprint density at radius 2 is 1.28 bits per heavy atom. The van der Waals surface area contributed by atoms with Gasteiger partial charge in [0.15, 0.2) is 5.78 Å². The molecule has 2 rings (SSSR count). The van der Waals surface area contributed by atoms with Crippen molar-refractivity contribution in [3.05, 3.63) is 58.7 Å². The average molecular weight is 495 g/mol. The smallest absolute Gasteiger partial charge is 0.316 e. The molecular weight excluding hydrogens is 456 g/mol. The van der Waals surface area contributed by atoms with Gasteiger partial charge in [0.25, 0.3) is 0 Å². The fraction of sp³-hybridized carbons (Fsp3) is 0.433. The number of ether oxygens (including phenoxy) is 3. The Bertz CT molecular complexity index is 1160. The van der Waals surface area contributed by atoms with E-state index in [2.05, 4.69) is 0 Å². The van der Waals surface area contributed by atoms with Gasteiger partial charge in [0, 0.05) is 5.56 Å². The number of aryl methyl sites for hydroxylation is 2. The summed E-state index contributed by atoms with van der Waals surface area (Å²) in [7, 11) is 0. The molecule has 194 valence electrons. The molecule has 0 saturated carbocycles. The van der Waals surface area contributed by atoms with Crippen LogP contribution in [0.25, 0.3) is 6.08 Å². The van der Waals surface area contributed by atoms with Crippen LogP contribution in [0, 0.1) is 24.7 Å². The Balaban J connectivity index is 2.42. The van der Waals surface area contributed by atoms with E-state index in [4.69, 9.17) is 14.2 Å². The Morgan fingerprint density at radius 3 is 1.78 bits per heavy atom. The maximum atomic E-state index is 13.0. The molecule has 0 unspecified atom stereocenters. The Morgan fingerprint density at radius 1 is 0.778 bits per heavy atom. The number of benzene rings is 2. The van der Waals surface area contributed by atoms with Crippen molar-refractivity contribution in [3.63, 3.8) is 0 Å². The van der Waals surface area contributed by atoms with Crippen LogP contribution in [0.15, 0.2) is 36.4 Å². The molecule has 0 heterocycles. The average Bonchev–Trinajstić information content (AvgIpc) is 2.75. The summed E-state index contributed by atoms with van der Waals surface area (Å²) in [6, 6.07) is 8.29. The predicted octanol–water partition coefficient (Wildman–Crippen LogP) is 6.89. The van der Waals surface area contributed by atoms with Gasteiger partial charge in [0.2, 0.25) is 0 Å². The highest BCUT2D eigenvalue weighted by atomic mass is 16.5. The van der Waals surface area contributed by atoms with Crippen LogP contribution in [0.2, 0.25) is 0 Å². The van der Waals surface area contributed by atoms with Gasteiger partial charge in [0.1, 0.15) is 17.2 Å². The summed E-state index contributed by atoms with van der Waals surface area (Å²) in [5.41, 5.74) is 1.25. The zero-order valence-electron chi connectivity index (χ0n) is 23.1. The molecule has 6 nitrogen and oxygen atoms in total. The summed E-state index contributed by atoms with van der Waals surface area (Å²) in [6.07, 6.45) is 2.92. The van der Waals surface area contributed by atoms with Crippen molar-refractivity contribution in [1.29, 1.82) is 0 Å².